The van der Waals surface area contributed by atoms with Crippen molar-refractivity contribution in [2.45, 2.75) is 40.0 Å². The highest BCUT2D eigenvalue weighted by atomic mass is 16.5. The molecule has 2 rings (SSSR count). The lowest BCUT2D eigenvalue weighted by Crippen LogP contribution is -2.14. The van der Waals surface area contributed by atoms with Crippen LogP contribution in [0.2, 0.25) is 0 Å². The van der Waals surface area contributed by atoms with Gasteiger partial charge in [0.2, 0.25) is 0 Å². The number of benzene rings is 1. The Hall–Kier alpha value is -1.81. The molecule has 1 unspecified atom stereocenters. The lowest BCUT2D eigenvalue weighted by atomic mass is 10.2. The predicted molar refractivity (Wildman–Crippen MR) is 76.0 cm³/mol. The van der Waals surface area contributed by atoms with Gasteiger partial charge in [-0.25, -0.2) is 4.98 Å². The van der Waals surface area contributed by atoms with Gasteiger partial charge in [-0.05, 0) is 32.9 Å². The third-order valence-corrected chi connectivity index (χ3v) is 3.14. The number of aryl methyl sites for hydroxylation is 1. The summed E-state index contributed by atoms with van der Waals surface area (Å²) >= 11 is 0. The Bertz CT molecular complexity index is 529. The number of nitrogens with two attached hydrogens (primary N) is 1. The molecule has 0 amide bonds. The highest BCUT2D eigenvalue weighted by molar-refractivity contribution is 5.26. The van der Waals surface area contributed by atoms with E-state index < -0.39 is 0 Å². The summed E-state index contributed by atoms with van der Waals surface area (Å²) in [5, 5.41) is 0. The van der Waals surface area contributed by atoms with Crippen LogP contribution in [-0.4, -0.2) is 9.55 Å². The molecule has 4 heteroatoms. The molecule has 0 fully saturated rings. The molecule has 4 nitrogen and oxygen atoms in total. The van der Waals surface area contributed by atoms with Crippen molar-refractivity contribution in [1.29, 1.82) is 0 Å². The van der Waals surface area contributed by atoms with Crippen LogP contribution in [0.4, 0.5) is 0 Å². The minimum atomic E-state index is -0.0134. The van der Waals surface area contributed by atoms with Gasteiger partial charge in [0.25, 0.3) is 0 Å². The van der Waals surface area contributed by atoms with E-state index in [0.717, 1.165) is 23.8 Å². The normalized spacial score (nSPS) is 12.4. The third kappa shape index (κ3) is 3.15. The number of hydrogen-bond donors (Lipinski definition) is 1. The van der Waals surface area contributed by atoms with Gasteiger partial charge < -0.3 is 15.0 Å². The molecule has 0 bridgehead atoms. The largest absolute Gasteiger partial charge is 0.486 e. The van der Waals surface area contributed by atoms with Crippen molar-refractivity contribution in [3.63, 3.8) is 0 Å². The fourth-order valence-corrected chi connectivity index (χ4v) is 2.06. The van der Waals surface area contributed by atoms with Crippen molar-refractivity contribution in [3.05, 3.63) is 47.5 Å². The summed E-state index contributed by atoms with van der Waals surface area (Å²) in [7, 11) is 0. The monoisotopic (exact) mass is 259 g/mol. The van der Waals surface area contributed by atoms with Gasteiger partial charge >= 0.3 is 0 Å². The zero-order chi connectivity index (χ0) is 13.8. The van der Waals surface area contributed by atoms with Crippen molar-refractivity contribution in [1.82, 2.24) is 9.55 Å². The van der Waals surface area contributed by atoms with Crippen LogP contribution in [0.3, 0.4) is 0 Å². The van der Waals surface area contributed by atoms with Crippen LogP contribution in [-0.2, 0) is 13.2 Å². The van der Waals surface area contributed by atoms with E-state index >= 15 is 0 Å². The second-order valence-electron chi connectivity index (χ2n) is 4.73. The number of hydrogen-bond acceptors (Lipinski definition) is 3. The van der Waals surface area contributed by atoms with E-state index in [1.807, 2.05) is 37.4 Å². The number of nitrogens with zero attached hydrogens (tertiary/aromatic N) is 2. The van der Waals surface area contributed by atoms with Gasteiger partial charge in [0.15, 0.2) is 0 Å². The van der Waals surface area contributed by atoms with Gasteiger partial charge in [-0.1, -0.05) is 17.7 Å². The molecule has 0 aliphatic rings. The van der Waals surface area contributed by atoms with Gasteiger partial charge in [-0.3, -0.25) is 0 Å². The Morgan fingerprint density at radius 3 is 2.58 bits per heavy atom. The fraction of sp³-hybridized carbons (Fsp3) is 0.400. The molecular formula is C15H21N3O. The first-order chi connectivity index (χ1) is 9.11. The first kappa shape index (κ1) is 13.6. The summed E-state index contributed by atoms with van der Waals surface area (Å²) in [5.74, 6) is 1.77. The van der Waals surface area contributed by atoms with Crippen molar-refractivity contribution in [2.75, 3.05) is 0 Å². The summed E-state index contributed by atoms with van der Waals surface area (Å²) in [6.07, 6.45) is 1.84. The molecule has 0 aliphatic heterocycles. The molecule has 19 heavy (non-hydrogen) atoms. The molecule has 1 heterocycles. The van der Waals surface area contributed by atoms with Crippen molar-refractivity contribution < 1.29 is 4.74 Å². The molecule has 0 saturated carbocycles. The van der Waals surface area contributed by atoms with Crippen LogP contribution >= 0.6 is 0 Å². The fourth-order valence-electron chi connectivity index (χ4n) is 2.06. The predicted octanol–water partition coefficient (Wildman–Crippen LogP) is 2.81. The van der Waals surface area contributed by atoms with Gasteiger partial charge in [0.05, 0.1) is 11.9 Å². The van der Waals surface area contributed by atoms with E-state index in [4.69, 9.17) is 10.5 Å². The van der Waals surface area contributed by atoms with Gasteiger partial charge in [-0.15, -0.1) is 0 Å². The molecule has 0 spiro atoms. The molecular weight excluding hydrogens is 238 g/mol. The van der Waals surface area contributed by atoms with Crippen LogP contribution in [0.1, 0.15) is 37.0 Å². The summed E-state index contributed by atoms with van der Waals surface area (Å²) in [5.41, 5.74) is 8.20. The molecule has 1 atom stereocenters. The Labute approximate surface area is 114 Å². The van der Waals surface area contributed by atoms with Crippen LogP contribution in [0.25, 0.3) is 0 Å². The van der Waals surface area contributed by atoms with Crippen LogP contribution in [0.15, 0.2) is 30.5 Å². The first-order valence-corrected chi connectivity index (χ1v) is 6.61. The number of imidazole rings is 1. The summed E-state index contributed by atoms with van der Waals surface area (Å²) in [6.45, 7) is 7.42. The Morgan fingerprint density at radius 1 is 1.32 bits per heavy atom. The molecule has 2 aromatic rings. The smallest absolute Gasteiger partial charge is 0.147 e. The minimum Gasteiger partial charge on any atom is -0.486 e. The zero-order valence-electron chi connectivity index (χ0n) is 11.8. The first-order valence-electron chi connectivity index (χ1n) is 6.61. The van der Waals surface area contributed by atoms with E-state index in [0.29, 0.717) is 6.61 Å². The quantitative estimate of drug-likeness (QED) is 0.898. The molecule has 1 aromatic carbocycles. The highest BCUT2D eigenvalue weighted by Gasteiger charge is 2.11. The average molecular weight is 259 g/mol. The van der Waals surface area contributed by atoms with Crippen molar-refractivity contribution >= 4 is 0 Å². The second-order valence-corrected chi connectivity index (χ2v) is 4.73. The molecule has 0 saturated heterocycles. The maximum absolute atomic E-state index is 5.93. The maximum atomic E-state index is 5.93. The van der Waals surface area contributed by atoms with Crippen LogP contribution in [0, 0.1) is 6.92 Å². The lowest BCUT2D eigenvalue weighted by Gasteiger charge is -2.12. The van der Waals surface area contributed by atoms with Crippen molar-refractivity contribution in [2.24, 2.45) is 5.73 Å². The summed E-state index contributed by atoms with van der Waals surface area (Å²) < 4.78 is 7.87. The topological polar surface area (TPSA) is 53.1 Å². The van der Waals surface area contributed by atoms with E-state index in [-0.39, 0.29) is 6.04 Å². The SMILES string of the molecule is CCn1c(C(C)N)cnc1COc1ccc(C)cc1. The van der Waals surface area contributed by atoms with Crippen molar-refractivity contribution in [3.8, 4) is 5.75 Å². The average Bonchev–Trinajstić information content (AvgIpc) is 2.81. The maximum Gasteiger partial charge on any atom is 0.147 e. The van der Waals surface area contributed by atoms with Gasteiger partial charge in [0.1, 0.15) is 18.2 Å². The van der Waals surface area contributed by atoms with Crippen LogP contribution < -0.4 is 10.5 Å². The lowest BCUT2D eigenvalue weighted by molar-refractivity contribution is 0.289. The van der Waals surface area contributed by atoms with E-state index in [2.05, 4.69) is 23.4 Å². The molecule has 0 radical (unpaired) electrons. The third-order valence-electron chi connectivity index (χ3n) is 3.14. The number of ether oxygens (including phenoxy) is 1. The number of rotatable bonds is 5. The Morgan fingerprint density at radius 2 is 2.00 bits per heavy atom. The molecule has 2 N–H and O–H groups in total. The van der Waals surface area contributed by atoms with Gasteiger partial charge in [0, 0.05) is 12.6 Å². The van der Waals surface area contributed by atoms with E-state index in [1.54, 1.807) is 0 Å². The second kappa shape index (κ2) is 5.89. The summed E-state index contributed by atoms with van der Waals surface area (Å²) in [6, 6.07) is 8.01. The summed E-state index contributed by atoms with van der Waals surface area (Å²) in [4.78, 5) is 4.40. The molecule has 1 aromatic heterocycles. The molecule has 0 aliphatic carbocycles. The number of aromatic nitrogens is 2. The van der Waals surface area contributed by atoms with E-state index in [1.165, 1.54) is 5.56 Å². The molecule has 102 valence electrons. The van der Waals surface area contributed by atoms with Gasteiger partial charge in [-0.2, -0.15) is 0 Å². The zero-order valence-corrected chi connectivity index (χ0v) is 11.8. The highest BCUT2D eigenvalue weighted by Crippen LogP contribution is 2.16. The Balaban J connectivity index is 2.09. The Kier molecular flexibility index (Phi) is 4.22. The van der Waals surface area contributed by atoms with Crippen LogP contribution in [0.5, 0.6) is 5.75 Å². The minimum absolute atomic E-state index is 0.0134. The van der Waals surface area contributed by atoms with E-state index in [9.17, 15) is 0 Å². The standard InChI is InChI=1S/C15H21N3O/c1-4-18-14(12(3)16)9-17-15(18)10-19-13-7-5-11(2)6-8-13/h5-9,12H,4,10,16H2,1-3H3.